The van der Waals surface area contributed by atoms with E-state index in [2.05, 4.69) is 25.4 Å². The normalized spacial score (nSPS) is 12.1. The zero-order chi connectivity index (χ0) is 17.1. The third-order valence-electron chi connectivity index (χ3n) is 2.86. The number of halogens is 1. The lowest BCUT2D eigenvalue weighted by Gasteiger charge is -2.09. The Labute approximate surface area is 144 Å². The van der Waals surface area contributed by atoms with Gasteiger partial charge >= 0.3 is 0 Å². The second kappa shape index (κ2) is 7.00. The standard InChI is InChI=1S/C14H15BrN2O4S2/c1-2-16-22(18,19)13-8-6-12(7-9-13)17-23(20,21)14-5-3-4-11(15)10-14/h3-10,16-17H,2H2,1H3. The molecule has 23 heavy (non-hydrogen) atoms. The van der Waals surface area contributed by atoms with Gasteiger partial charge in [0.15, 0.2) is 0 Å². The maximum atomic E-state index is 12.3. The number of hydrogen-bond donors (Lipinski definition) is 2. The molecule has 2 aromatic rings. The highest BCUT2D eigenvalue weighted by molar-refractivity contribution is 9.10. The Kier molecular flexibility index (Phi) is 5.45. The predicted octanol–water partition coefficient (Wildman–Crippen LogP) is 2.55. The molecule has 0 fully saturated rings. The highest BCUT2D eigenvalue weighted by Crippen LogP contribution is 2.20. The Morgan fingerprint density at radius 1 is 0.913 bits per heavy atom. The fraction of sp³-hybridized carbons (Fsp3) is 0.143. The van der Waals surface area contributed by atoms with Gasteiger partial charge in [0.2, 0.25) is 10.0 Å². The lowest BCUT2D eigenvalue weighted by Crippen LogP contribution is -2.23. The molecule has 0 atom stereocenters. The van der Waals surface area contributed by atoms with E-state index >= 15 is 0 Å². The van der Waals surface area contributed by atoms with Gasteiger partial charge in [-0.3, -0.25) is 4.72 Å². The minimum atomic E-state index is -3.74. The summed E-state index contributed by atoms with van der Waals surface area (Å²) in [5.41, 5.74) is 0.278. The van der Waals surface area contributed by atoms with E-state index in [1.54, 1.807) is 19.1 Å². The van der Waals surface area contributed by atoms with Crippen molar-refractivity contribution >= 4 is 41.7 Å². The molecule has 0 spiro atoms. The van der Waals surface area contributed by atoms with Gasteiger partial charge in [-0.05, 0) is 42.5 Å². The first kappa shape index (κ1) is 17.9. The fourth-order valence-corrected chi connectivity index (χ4v) is 4.52. The van der Waals surface area contributed by atoms with Crippen molar-refractivity contribution in [2.24, 2.45) is 0 Å². The fourth-order valence-electron chi connectivity index (χ4n) is 1.82. The minimum Gasteiger partial charge on any atom is -0.280 e. The molecule has 0 aromatic heterocycles. The molecule has 0 aliphatic heterocycles. The lowest BCUT2D eigenvalue weighted by atomic mass is 10.3. The number of hydrogen-bond acceptors (Lipinski definition) is 4. The van der Waals surface area contributed by atoms with Gasteiger partial charge in [-0.1, -0.05) is 28.9 Å². The Morgan fingerprint density at radius 2 is 1.57 bits per heavy atom. The first-order chi connectivity index (χ1) is 10.7. The molecule has 124 valence electrons. The van der Waals surface area contributed by atoms with Crippen molar-refractivity contribution in [1.29, 1.82) is 0 Å². The van der Waals surface area contributed by atoms with E-state index in [1.165, 1.54) is 36.4 Å². The first-order valence-corrected chi connectivity index (χ1v) is 10.4. The van der Waals surface area contributed by atoms with Crippen LogP contribution in [0.3, 0.4) is 0 Å². The number of anilines is 1. The van der Waals surface area contributed by atoms with Crippen LogP contribution in [0.25, 0.3) is 0 Å². The van der Waals surface area contributed by atoms with E-state index in [9.17, 15) is 16.8 Å². The van der Waals surface area contributed by atoms with E-state index in [0.29, 0.717) is 4.47 Å². The molecule has 2 aromatic carbocycles. The van der Waals surface area contributed by atoms with Crippen LogP contribution in [-0.4, -0.2) is 23.4 Å². The van der Waals surface area contributed by atoms with E-state index in [0.717, 1.165) is 0 Å². The summed E-state index contributed by atoms with van der Waals surface area (Å²) in [6.07, 6.45) is 0. The summed E-state index contributed by atoms with van der Waals surface area (Å²) in [6.45, 7) is 1.96. The smallest absolute Gasteiger partial charge is 0.261 e. The molecule has 9 heteroatoms. The van der Waals surface area contributed by atoms with Crippen molar-refractivity contribution in [2.45, 2.75) is 16.7 Å². The van der Waals surface area contributed by atoms with E-state index in [4.69, 9.17) is 0 Å². The maximum absolute atomic E-state index is 12.3. The summed E-state index contributed by atoms with van der Waals surface area (Å²) in [5, 5.41) is 0. The van der Waals surface area contributed by atoms with Gasteiger partial charge < -0.3 is 0 Å². The molecule has 0 bridgehead atoms. The van der Waals surface area contributed by atoms with Crippen LogP contribution >= 0.6 is 15.9 Å². The Bertz CT molecular complexity index is 895. The van der Waals surface area contributed by atoms with Crippen LogP contribution in [-0.2, 0) is 20.0 Å². The van der Waals surface area contributed by atoms with Crippen LogP contribution in [0.4, 0.5) is 5.69 Å². The topological polar surface area (TPSA) is 92.3 Å². The van der Waals surface area contributed by atoms with Gasteiger partial charge in [0, 0.05) is 16.7 Å². The number of nitrogens with one attached hydrogen (secondary N) is 2. The summed E-state index contributed by atoms with van der Waals surface area (Å²) in [7, 11) is -7.30. The number of rotatable bonds is 6. The number of sulfonamides is 2. The molecule has 0 unspecified atom stereocenters. The van der Waals surface area contributed by atoms with Crippen molar-refractivity contribution in [3.8, 4) is 0 Å². The lowest BCUT2D eigenvalue weighted by molar-refractivity contribution is 0.584. The number of benzene rings is 2. The average Bonchev–Trinajstić information content (AvgIpc) is 2.47. The molecule has 0 saturated carbocycles. The van der Waals surface area contributed by atoms with Crippen LogP contribution in [0, 0.1) is 0 Å². The molecule has 0 aliphatic rings. The molecule has 0 radical (unpaired) electrons. The summed E-state index contributed by atoms with van der Waals surface area (Å²) in [6, 6.07) is 11.8. The van der Waals surface area contributed by atoms with Gasteiger partial charge in [0.05, 0.1) is 9.79 Å². The predicted molar refractivity (Wildman–Crippen MR) is 92.3 cm³/mol. The molecular weight excluding hydrogens is 404 g/mol. The van der Waals surface area contributed by atoms with Crippen LogP contribution in [0.2, 0.25) is 0 Å². The zero-order valence-electron chi connectivity index (χ0n) is 12.2. The van der Waals surface area contributed by atoms with Gasteiger partial charge in [0.1, 0.15) is 0 Å². The van der Waals surface area contributed by atoms with Crippen LogP contribution in [0.1, 0.15) is 6.92 Å². The molecule has 2 rings (SSSR count). The van der Waals surface area contributed by atoms with Gasteiger partial charge in [-0.2, -0.15) is 0 Å². The quantitative estimate of drug-likeness (QED) is 0.753. The third kappa shape index (κ3) is 4.54. The van der Waals surface area contributed by atoms with E-state index in [-0.39, 0.29) is 22.0 Å². The van der Waals surface area contributed by atoms with Gasteiger partial charge in [0.25, 0.3) is 10.0 Å². The molecule has 0 heterocycles. The largest absolute Gasteiger partial charge is 0.280 e. The van der Waals surface area contributed by atoms with Crippen molar-refractivity contribution in [2.75, 3.05) is 11.3 Å². The van der Waals surface area contributed by atoms with Crippen LogP contribution < -0.4 is 9.44 Å². The monoisotopic (exact) mass is 418 g/mol. The second-order valence-electron chi connectivity index (χ2n) is 4.59. The first-order valence-electron chi connectivity index (χ1n) is 6.63. The van der Waals surface area contributed by atoms with Crippen molar-refractivity contribution in [3.05, 3.63) is 53.0 Å². The summed E-state index contributed by atoms with van der Waals surface area (Å²) < 4.78 is 53.6. The van der Waals surface area contributed by atoms with Gasteiger partial charge in [-0.15, -0.1) is 0 Å². The maximum Gasteiger partial charge on any atom is 0.261 e. The summed E-state index contributed by atoms with van der Waals surface area (Å²) in [5.74, 6) is 0. The van der Waals surface area contributed by atoms with Crippen molar-refractivity contribution < 1.29 is 16.8 Å². The average molecular weight is 419 g/mol. The molecule has 0 saturated heterocycles. The Balaban J connectivity index is 2.24. The van der Waals surface area contributed by atoms with Crippen molar-refractivity contribution in [3.63, 3.8) is 0 Å². The Morgan fingerprint density at radius 3 is 2.13 bits per heavy atom. The summed E-state index contributed by atoms with van der Waals surface area (Å²) >= 11 is 3.22. The van der Waals surface area contributed by atoms with E-state index in [1.807, 2.05) is 0 Å². The van der Waals surface area contributed by atoms with Gasteiger partial charge in [-0.25, -0.2) is 21.6 Å². The third-order valence-corrected chi connectivity index (χ3v) is 6.29. The zero-order valence-corrected chi connectivity index (χ0v) is 15.4. The molecular formula is C14H15BrN2O4S2. The highest BCUT2D eigenvalue weighted by atomic mass is 79.9. The minimum absolute atomic E-state index is 0.0738. The second-order valence-corrected chi connectivity index (χ2v) is 8.95. The SMILES string of the molecule is CCNS(=O)(=O)c1ccc(NS(=O)(=O)c2cccc(Br)c2)cc1. The van der Waals surface area contributed by atoms with Crippen LogP contribution in [0.15, 0.2) is 62.8 Å². The van der Waals surface area contributed by atoms with Crippen LogP contribution in [0.5, 0.6) is 0 Å². The molecule has 2 N–H and O–H groups in total. The molecule has 6 nitrogen and oxygen atoms in total. The molecule has 0 aliphatic carbocycles. The molecule has 0 amide bonds. The Hall–Kier alpha value is -1.42. The highest BCUT2D eigenvalue weighted by Gasteiger charge is 2.16. The van der Waals surface area contributed by atoms with E-state index < -0.39 is 20.0 Å². The summed E-state index contributed by atoms with van der Waals surface area (Å²) in [4.78, 5) is 0.181. The van der Waals surface area contributed by atoms with Crippen molar-refractivity contribution in [1.82, 2.24) is 4.72 Å².